The maximum absolute atomic E-state index is 12.2. The molecule has 1 aliphatic rings. The fourth-order valence-corrected chi connectivity index (χ4v) is 3.61. The average molecular weight is 434 g/mol. The Morgan fingerprint density at radius 2 is 1.90 bits per heavy atom. The van der Waals surface area contributed by atoms with E-state index in [4.69, 9.17) is 26.0 Å². The van der Waals surface area contributed by atoms with Gasteiger partial charge in [-0.3, -0.25) is 0 Å². The van der Waals surface area contributed by atoms with E-state index in [9.17, 15) is 4.79 Å². The Morgan fingerprint density at radius 1 is 1.19 bits per heavy atom. The number of aryl methyl sites for hydroxylation is 1. The average Bonchev–Trinajstić information content (AvgIpc) is 2.77. The van der Waals surface area contributed by atoms with Gasteiger partial charge in [0.25, 0.3) is 0 Å². The van der Waals surface area contributed by atoms with E-state index in [1.54, 1.807) is 19.0 Å². The summed E-state index contributed by atoms with van der Waals surface area (Å²) in [6, 6.07) is 3.77. The standard InChI is InChI=1S/C23H39N5O3/c1-5-7-15-27(3)23(29)30-16-20(28(4)25)22(24)19-13-14-21(18(6-2)26-19)31-17-11-9-8-10-12-17/h13-14,17H,5-12,15-16,24-25H2,1-4H3/b22-20-. The summed E-state index contributed by atoms with van der Waals surface area (Å²) in [5.41, 5.74) is 8.72. The molecule has 1 fully saturated rings. The summed E-state index contributed by atoms with van der Waals surface area (Å²) in [5.74, 6) is 6.80. The molecule has 4 N–H and O–H groups in total. The van der Waals surface area contributed by atoms with Crippen molar-refractivity contribution in [3.63, 3.8) is 0 Å². The van der Waals surface area contributed by atoms with Gasteiger partial charge in [-0.15, -0.1) is 0 Å². The molecule has 0 aliphatic heterocycles. The van der Waals surface area contributed by atoms with Crippen LogP contribution in [-0.2, 0) is 11.2 Å². The summed E-state index contributed by atoms with van der Waals surface area (Å²) >= 11 is 0. The van der Waals surface area contributed by atoms with Crippen molar-refractivity contribution in [2.75, 3.05) is 27.2 Å². The summed E-state index contributed by atoms with van der Waals surface area (Å²) in [4.78, 5) is 18.5. The molecule has 31 heavy (non-hydrogen) atoms. The molecule has 8 nitrogen and oxygen atoms in total. The number of carbonyl (C=O) groups is 1. The van der Waals surface area contributed by atoms with Gasteiger partial charge in [-0.1, -0.05) is 26.7 Å². The second-order valence-electron chi connectivity index (χ2n) is 8.17. The van der Waals surface area contributed by atoms with Crippen LogP contribution in [-0.4, -0.2) is 54.3 Å². The number of aromatic nitrogens is 1. The molecule has 0 spiro atoms. The van der Waals surface area contributed by atoms with Crippen molar-refractivity contribution < 1.29 is 14.3 Å². The zero-order valence-corrected chi connectivity index (χ0v) is 19.5. The molecular weight excluding hydrogens is 394 g/mol. The van der Waals surface area contributed by atoms with Crippen LogP contribution in [0.4, 0.5) is 4.79 Å². The van der Waals surface area contributed by atoms with Crippen LogP contribution in [0.1, 0.15) is 70.2 Å². The molecule has 0 bridgehead atoms. The normalized spacial score (nSPS) is 15.3. The van der Waals surface area contributed by atoms with Gasteiger partial charge in [-0.05, 0) is 50.7 Å². The Labute approximate surface area is 186 Å². The number of amides is 1. The Balaban J connectivity index is 2.15. The highest BCUT2D eigenvalue weighted by molar-refractivity contribution is 5.68. The van der Waals surface area contributed by atoms with E-state index >= 15 is 0 Å². The smallest absolute Gasteiger partial charge is 0.409 e. The van der Waals surface area contributed by atoms with E-state index in [-0.39, 0.29) is 12.7 Å². The van der Waals surface area contributed by atoms with Crippen molar-refractivity contribution in [1.29, 1.82) is 0 Å². The number of unbranched alkanes of at least 4 members (excludes halogenated alkanes) is 1. The van der Waals surface area contributed by atoms with Crippen LogP contribution < -0.4 is 16.3 Å². The van der Waals surface area contributed by atoms with E-state index in [2.05, 4.69) is 6.92 Å². The van der Waals surface area contributed by atoms with Crippen LogP contribution in [0.25, 0.3) is 5.70 Å². The van der Waals surface area contributed by atoms with Crippen molar-refractivity contribution >= 4 is 11.8 Å². The lowest BCUT2D eigenvalue weighted by Crippen LogP contribution is -2.34. The maximum atomic E-state index is 12.2. The molecule has 1 aromatic rings. The number of ether oxygens (including phenoxy) is 2. The summed E-state index contributed by atoms with van der Waals surface area (Å²) in [7, 11) is 3.38. The number of nitrogens with two attached hydrogens (primary N) is 2. The van der Waals surface area contributed by atoms with Crippen LogP contribution in [0.5, 0.6) is 5.75 Å². The highest BCUT2D eigenvalue weighted by Crippen LogP contribution is 2.27. The molecule has 8 heteroatoms. The van der Waals surface area contributed by atoms with Gasteiger partial charge in [-0.2, -0.15) is 0 Å². The molecule has 0 aromatic carbocycles. The van der Waals surface area contributed by atoms with Crippen LogP contribution in [0.15, 0.2) is 17.8 Å². The number of hydrogen-bond donors (Lipinski definition) is 2. The molecular formula is C23H39N5O3. The number of likely N-dealkylation sites (N-methyl/N-ethyl adjacent to an activating group) is 1. The topological polar surface area (TPSA) is 107 Å². The first-order valence-corrected chi connectivity index (χ1v) is 11.4. The van der Waals surface area contributed by atoms with Gasteiger partial charge >= 0.3 is 6.09 Å². The summed E-state index contributed by atoms with van der Waals surface area (Å²) in [6.07, 6.45) is 8.41. The number of nitrogens with zero attached hydrogens (tertiary/aromatic N) is 3. The number of hydrogen-bond acceptors (Lipinski definition) is 7. The lowest BCUT2D eigenvalue weighted by molar-refractivity contribution is 0.113. The highest BCUT2D eigenvalue weighted by atomic mass is 16.6. The van der Waals surface area contributed by atoms with Gasteiger partial charge in [0.1, 0.15) is 12.4 Å². The molecule has 2 rings (SSSR count). The lowest BCUT2D eigenvalue weighted by Gasteiger charge is -2.24. The molecule has 1 saturated carbocycles. The molecule has 0 radical (unpaired) electrons. The molecule has 1 amide bonds. The quantitative estimate of drug-likeness (QED) is 0.428. The van der Waals surface area contributed by atoms with E-state index in [0.29, 0.717) is 23.6 Å². The van der Waals surface area contributed by atoms with Gasteiger partial charge < -0.3 is 25.1 Å². The third kappa shape index (κ3) is 7.31. The molecule has 1 aromatic heterocycles. The third-order valence-electron chi connectivity index (χ3n) is 5.62. The first kappa shape index (κ1) is 24.8. The molecule has 0 unspecified atom stereocenters. The van der Waals surface area contributed by atoms with E-state index in [0.717, 1.165) is 43.5 Å². The van der Waals surface area contributed by atoms with E-state index < -0.39 is 6.09 Å². The SMILES string of the molecule is CCCCN(C)C(=O)OC/C(=C(/N)c1ccc(OC2CCCCC2)c(CC)n1)N(C)N. The second-order valence-corrected chi connectivity index (χ2v) is 8.17. The molecule has 0 atom stereocenters. The second kappa shape index (κ2) is 12.4. The lowest BCUT2D eigenvalue weighted by atomic mass is 9.98. The Kier molecular flexibility index (Phi) is 9.91. The highest BCUT2D eigenvalue weighted by Gasteiger charge is 2.19. The monoisotopic (exact) mass is 433 g/mol. The number of rotatable bonds is 10. The third-order valence-corrected chi connectivity index (χ3v) is 5.62. The molecule has 0 saturated heterocycles. The van der Waals surface area contributed by atoms with Gasteiger partial charge in [0.2, 0.25) is 0 Å². The van der Waals surface area contributed by atoms with Crippen LogP contribution in [0.2, 0.25) is 0 Å². The summed E-state index contributed by atoms with van der Waals surface area (Å²) in [6.45, 7) is 4.74. The number of pyridine rings is 1. The predicted molar refractivity (Wildman–Crippen MR) is 123 cm³/mol. The predicted octanol–water partition coefficient (Wildman–Crippen LogP) is 3.66. The largest absolute Gasteiger partial charge is 0.489 e. The van der Waals surface area contributed by atoms with E-state index in [1.807, 2.05) is 19.1 Å². The Bertz CT molecular complexity index is 745. The van der Waals surface area contributed by atoms with Crippen molar-refractivity contribution in [3.8, 4) is 5.75 Å². The molecule has 1 heterocycles. The fourth-order valence-electron chi connectivity index (χ4n) is 3.61. The Hall–Kier alpha value is -2.48. The van der Waals surface area contributed by atoms with Crippen LogP contribution in [0.3, 0.4) is 0 Å². The fraction of sp³-hybridized carbons (Fsp3) is 0.652. The Morgan fingerprint density at radius 3 is 2.52 bits per heavy atom. The number of hydrazine groups is 1. The minimum atomic E-state index is -0.404. The molecule has 1 aliphatic carbocycles. The van der Waals surface area contributed by atoms with Crippen molar-refractivity contribution in [2.45, 2.75) is 71.3 Å². The zero-order valence-electron chi connectivity index (χ0n) is 19.5. The minimum Gasteiger partial charge on any atom is -0.489 e. The van der Waals surface area contributed by atoms with Crippen LogP contribution >= 0.6 is 0 Å². The first-order chi connectivity index (χ1) is 14.9. The van der Waals surface area contributed by atoms with Gasteiger partial charge in [0.05, 0.1) is 28.9 Å². The molecule has 174 valence electrons. The van der Waals surface area contributed by atoms with Gasteiger partial charge in [0.15, 0.2) is 0 Å². The van der Waals surface area contributed by atoms with Gasteiger partial charge in [0, 0.05) is 20.6 Å². The minimum absolute atomic E-state index is 0.0302. The number of carbonyl (C=O) groups excluding carboxylic acids is 1. The summed E-state index contributed by atoms with van der Waals surface area (Å²) < 4.78 is 11.7. The zero-order chi connectivity index (χ0) is 22.8. The first-order valence-electron chi connectivity index (χ1n) is 11.4. The van der Waals surface area contributed by atoms with Crippen molar-refractivity contribution in [1.82, 2.24) is 14.9 Å². The maximum Gasteiger partial charge on any atom is 0.409 e. The van der Waals surface area contributed by atoms with Crippen molar-refractivity contribution in [3.05, 3.63) is 29.2 Å². The van der Waals surface area contributed by atoms with Crippen molar-refractivity contribution in [2.24, 2.45) is 11.6 Å². The van der Waals surface area contributed by atoms with Crippen LogP contribution in [0, 0.1) is 0 Å². The summed E-state index contributed by atoms with van der Waals surface area (Å²) in [5, 5.41) is 1.37. The van der Waals surface area contributed by atoms with E-state index in [1.165, 1.54) is 24.3 Å². The van der Waals surface area contributed by atoms with Gasteiger partial charge in [-0.25, -0.2) is 15.6 Å².